The van der Waals surface area contributed by atoms with Gasteiger partial charge in [-0.15, -0.1) is 0 Å². The Morgan fingerprint density at radius 3 is 2.58 bits per heavy atom. The van der Waals surface area contributed by atoms with Crippen LogP contribution in [0, 0.1) is 23.7 Å². The third-order valence-corrected chi connectivity index (χ3v) is 7.30. The molecule has 3 aliphatic rings. The van der Waals surface area contributed by atoms with E-state index in [0.29, 0.717) is 0 Å². The number of halogens is 1. The van der Waals surface area contributed by atoms with Crippen molar-refractivity contribution in [1.29, 1.82) is 0 Å². The number of nitrogens with one attached hydrogen (secondary N) is 1. The predicted molar refractivity (Wildman–Crippen MR) is 102 cm³/mol. The summed E-state index contributed by atoms with van der Waals surface area (Å²) in [5.41, 5.74) is 2.81. The number of carbonyl (C=O) groups is 2. The van der Waals surface area contributed by atoms with Gasteiger partial charge in [-0.05, 0) is 24.0 Å². The SMILES string of the molecule is O=C(Nc1ccccc1-c1ccccc1)[C@@H]1[C@H]2C[C@H]3[C@H](OC(=O)[C@@H]31)[C@H]2Br. The molecule has 4 nitrogen and oxygen atoms in total. The van der Waals surface area contributed by atoms with Crippen LogP contribution in [0.5, 0.6) is 0 Å². The lowest BCUT2D eigenvalue weighted by molar-refractivity contribution is -0.145. The number of hydrogen-bond acceptors (Lipinski definition) is 3. The number of hydrogen-bond donors (Lipinski definition) is 1. The zero-order valence-corrected chi connectivity index (χ0v) is 15.6. The second-order valence-corrected chi connectivity index (χ2v) is 8.42. The van der Waals surface area contributed by atoms with Crippen LogP contribution in [0.2, 0.25) is 0 Å². The molecule has 0 unspecified atom stereocenters. The number of carbonyl (C=O) groups excluding carboxylic acids is 2. The molecule has 0 aromatic heterocycles. The first kappa shape index (κ1) is 16.1. The molecule has 0 spiro atoms. The smallest absolute Gasteiger partial charge is 0.310 e. The van der Waals surface area contributed by atoms with Crippen molar-refractivity contribution in [3.05, 3.63) is 54.6 Å². The van der Waals surface area contributed by atoms with Gasteiger partial charge >= 0.3 is 5.97 Å². The van der Waals surface area contributed by atoms with Crippen LogP contribution in [0.1, 0.15) is 6.42 Å². The summed E-state index contributed by atoms with van der Waals surface area (Å²) >= 11 is 3.66. The van der Waals surface area contributed by atoms with Gasteiger partial charge in [0.25, 0.3) is 0 Å². The summed E-state index contributed by atoms with van der Waals surface area (Å²) in [5, 5.41) is 3.09. The largest absolute Gasteiger partial charge is 0.461 e. The van der Waals surface area contributed by atoms with Crippen LogP contribution in [-0.4, -0.2) is 22.8 Å². The Hall–Kier alpha value is -2.14. The van der Waals surface area contributed by atoms with Crippen LogP contribution in [0.3, 0.4) is 0 Å². The summed E-state index contributed by atoms with van der Waals surface area (Å²) in [6.07, 6.45) is 0.827. The average Bonchev–Trinajstić information content (AvgIpc) is 3.27. The van der Waals surface area contributed by atoms with Gasteiger partial charge in [0.1, 0.15) is 6.10 Å². The van der Waals surface area contributed by atoms with Gasteiger partial charge in [-0.2, -0.15) is 0 Å². The highest BCUT2D eigenvalue weighted by Gasteiger charge is 2.67. The van der Waals surface area contributed by atoms with Crippen molar-refractivity contribution in [2.45, 2.75) is 17.4 Å². The minimum Gasteiger partial charge on any atom is -0.461 e. The van der Waals surface area contributed by atoms with Crippen LogP contribution < -0.4 is 5.32 Å². The Kier molecular flexibility index (Phi) is 3.67. The molecule has 5 heteroatoms. The van der Waals surface area contributed by atoms with Crippen molar-refractivity contribution in [2.24, 2.45) is 23.7 Å². The molecule has 1 N–H and O–H groups in total. The predicted octanol–water partition coefficient (Wildman–Crippen LogP) is 3.86. The second-order valence-electron chi connectivity index (χ2n) is 7.36. The van der Waals surface area contributed by atoms with E-state index in [1.165, 1.54) is 0 Å². The molecule has 1 amide bonds. The summed E-state index contributed by atoms with van der Waals surface area (Å²) in [6, 6.07) is 17.8. The second kappa shape index (κ2) is 5.95. The molecule has 5 rings (SSSR count). The fourth-order valence-corrected chi connectivity index (χ4v) is 6.05. The Labute approximate surface area is 160 Å². The van der Waals surface area contributed by atoms with Crippen molar-refractivity contribution in [2.75, 3.05) is 5.32 Å². The molecule has 2 saturated carbocycles. The van der Waals surface area contributed by atoms with E-state index in [2.05, 4.69) is 21.2 Å². The number of amides is 1. The summed E-state index contributed by atoms with van der Waals surface area (Å²) < 4.78 is 5.51. The van der Waals surface area contributed by atoms with Crippen molar-refractivity contribution in [3.8, 4) is 11.1 Å². The molecule has 2 aliphatic carbocycles. The molecule has 2 aromatic carbocycles. The van der Waals surface area contributed by atoms with E-state index >= 15 is 0 Å². The first-order valence-electron chi connectivity index (χ1n) is 8.95. The normalized spacial score (nSPS) is 34.0. The standard InChI is InChI=1S/C21H18BrNO3/c22-18-13-10-14-17(21(25)26-19(14)18)16(13)20(24)23-15-9-5-4-8-12(15)11-6-2-1-3-7-11/h1-9,13-14,16-19H,10H2,(H,23,24)/t13-,14-,16-,17+,18+,19+/m1/s1. The number of para-hydroxylation sites is 1. The van der Waals surface area contributed by atoms with Crippen molar-refractivity contribution in [1.82, 2.24) is 0 Å². The number of rotatable bonds is 3. The molecule has 1 heterocycles. The third kappa shape index (κ3) is 2.26. The lowest BCUT2D eigenvalue weighted by atomic mass is 9.79. The fourth-order valence-electron chi connectivity index (χ4n) is 5.01. The van der Waals surface area contributed by atoms with Gasteiger partial charge in [-0.25, -0.2) is 0 Å². The molecule has 2 aromatic rings. The summed E-state index contributed by atoms with van der Waals surface area (Å²) in [5.74, 6) is -0.557. The van der Waals surface area contributed by atoms with E-state index < -0.39 is 0 Å². The van der Waals surface area contributed by atoms with Crippen LogP contribution in [0.15, 0.2) is 54.6 Å². The van der Waals surface area contributed by atoms with Crippen molar-refractivity contribution < 1.29 is 14.3 Å². The van der Waals surface area contributed by atoms with Crippen molar-refractivity contribution in [3.63, 3.8) is 0 Å². The summed E-state index contributed by atoms with van der Waals surface area (Å²) in [6.45, 7) is 0. The monoisotopic (exact) mass is 411 g/mol. The lowest BCUT2D eigenvalue weighted by Gasteiger charge is -2.27. The molecular formula is C21H18BrNO3. The van der Waals surface area contributed by atoms with E-state index in [9.17, 15) is 9.59 Å². The maximum atomic E-state index is 13.1. The Morgan fingerprint density at radius 2 is 1.77 bits per heavy atom. The highest BCUT2D eigenvalue weighted by atomic mass is 79.9. The molecule has 0 radical (unpaired) electrons. The van der Waals surface area contributed by atoms with Crippen LogP contribution >= 0.6 is 15.9 Å². The number of anilines is 1. The van der Waals surface area contributed by atoms with E-state index in [1.54, 1.807) is 0 Å². The topological polar surface area (TPSA) is 55.4 Å². The molecule has 2 bridgehead atoms. The van der Waals surface area contributed by atoms with E-state index in [1.807, 2.05) is 54.6 Å². The van der Waals surface area contributed by atoms with Crippen molar-refractivity contribution >= 4 is 33.5 Å². The Morgan fingerprint density at radius 1 is 1.04 bits per heavy atom. The van der Waals surface area contributed by atoms with Crippen LogP contribution in [0.4, 0.5) is 5.69 Å². The van der Waals surface area contributed by atoms with E-state index in [-0.39, 0.29) is 46.5 Å². The number of fused-ring (bicyclic) bond motifs is 1. The molecule has 6 atom stereocenters. The minimum absolute atomic E-state index is 0.0573. The van der Waals surface area contributed by atoms with E-state index in [0.717, 1.165) is 23.2 Å². The molecule has 1 aliphatic heterocycles. The zero-order chi connectivity index (χ0) is 17.8. The first-order valence-corrected chi connectivity index (χ1v) is 9.86. The van der Waals surface area contributed by atoms with Gasteiger partial charge in [0.15, 0.2) is 0 Å². The fraction of sp³-hybridized carbons (Fsp3) is 0.333. The highest BCUT2D eigenvalue weighted by molar-refractivity contribution is 9.09. The Bertz CT molecular complexity index is 884. The third-order valence-electron chi connectivity index (χ3n) is 6.10. The molecule has 1 saturated heterocycles. The number of esters is 1. The lowest BCUT2D eigenvalue weighted by Crippen LogP contribution is -2.40. The van der Waals surface area contributed by atoms with Gasteiger partial charge < -0.3 is 10.1 Å². The highest BCUT2D eigenvalue weighted by Crippen LogP contribution is 2.60. The molecule has 132 valence electrons. The van der Waals surface area contributed by atoms with Gasteiger partial charge in [0.2, 0.25) is 5.91 Å². The van der Waals surface area contributed by atoms with Gasteiger partial charge in [-0.3, -0.25) is 9.59 Å². The maximum absolute atomic E-state index is 13.1. The maximum Gasteiger partial charge on any atom is 0.310 e. The molecule has 26 heavy (non-hydrogen) atoms. The number of ether oxygens (including phenoxy) is 1. The van der Waals surface area contributed by atoms with Gasteiger partial charge in [0, 0.05) is 17.2 Å². The zero-order valence-electron chi connectivity index (χ0n) is 14.0. The minimum atomic E-state index is -0.320. The number of benzene rings is 2. The van der Waals surface area contributed by atoms with Crippen LogP contribution in [0.25, 0.3) is 11.1 Å². The van der Waals surface area contributed by atoms with E-state index in [4.69, 9.17) is 4.74 Å². The van der Waals surface area contributed by atoms with Gasteiger partial charge in [0.05, 0.1) is 16.7 Å². The Balaban J connectivity index is 1.45. The molecular weight excluding hydrogens is 394 g/mol. The summed E-state index contributed by atoms with van der Waals surface area (Å²) in [7, 11) is 0. The average molecular weight is 412 g/mol. The number of alkyl halides is 1. The first-order chi connectivity index (χ1) is 12.6. The summed E-state index contributed by atoms with van der Waals surface area (Å²) in [4.78, 5) is 25.5. The van der Waals surface area contributed by atoms with Gasteiger partial charge in [-0.1, -0.05) is 64.5 Å². The van der Waals surface area contributed by atoms with Crippen LogP contribution in [-0.2, 0) is 14.3 Å². The quantitative estimate of drug-likeness (QED) is 0.615. The molecule has 3 fully saturated rings.